The predicted molar refractivity (Wildman–Crippen MR) is 76.7 cm³/mol. The first-order valence-electron chi connectivity index (χ1n) is 6.66. The fourth-order valence-corrected chi connectivity index (χ4v) is 2.17. The maximum atomic E-state index is 14.2. The van der Waals surface area contributed by atoms with Gasteiger partial charge in [0, 0.05) is 18.3 Å². The molecule has 0 unspecified atom stereocenters. The normalized spacial score (nSPS) is 11.9. The zero-order valence-electron chi connectivity index (χ0n) is 12.3. The molecule has 1 aromatic carbocycles. The fourth-order valence-electron chi connectivity index (χ4n) is 2.17. The van der Waals surface area contributed by atoms with E-state index in [2.05, 4.69) is 5.10 Å². The zero-order valence-corrected chi connectivity index (χ0v) is 12.3. The Morgan fingerprint density at radius 1 is 1.21 bits per heavy atom. The molecule has 19 heavy (non-hydrogen) atoms. The number of benzene rings is 1. The van der Waals surface area contributed by atoms with Gasteiger partial charge in [0.15, 0.2) is 0 Å². The van der Waals surface area contributed by atoms with E-state index in [-0.39, 0.29) is 11.2 Å². The van der Waals surface area contributed by atoms with Gasteiger partial charge < -0.3 is 0 Å². The standard InChI is InChI=1S/C16H21FN2/c1-6-19-10-13(9-18-19)12-7-11(2)15(17)14(8-12)16(3,4)5/h7-10H,6H2,1-5H3. The Morgan fingerprint density at radius 2 is 1.89 bits per heavy atom. The summed E-state index contributed by atoms with van der Waals surface area (Å²) in [6.45, 7) is 10.8. The van der Waals surface area contributed by atoms with E-state index < -0.39 is 0 Å². The van der Waals surface area contributed by atoms with Gasteiger partial charge in [-0.3, -0.25) is 4.68 Å². The molecule has 3 heteroatoms. The summed E-state index contributed by atoms with van der Waals surface area (Å²) in [7, 11) is 0. The Hall–Kier alpha value is -1.64. The quantitative estimate of drug-likeness (QED) is 0.786. The third-order valence-corrected chi connectivity index (χ3v) is 3.35. The molecular weight excluding hydrogens is 239 g/mol. The van der Waals surface area contributed by atoms with Crippen molar-refractivity contribution in [3.63, 3.8) is 0 Å². The van der Waals surface area contributed by atoms with Crippen LogP contribution in [0.15, 0.2) is 24.5 Å². The second-order valence-corrected chi connectivity index (χ2v) is 5.99. The van der Waals surface area contributed by atoms with Crippen LogP contribution in [0.5, 0.6) is 0 Å². The van der Waals surface area contributed by atoms with Crippen molar-refractivity contribution in [2.45, 2.75) is 46.6 Å². The highest BCUT2D eigenvalue weighted by molar-refractivity contribution is 5.64. The summed E-state index contributed by atoms with van der Waals surface area (Å²) < 4.78 is 16.1. The lowest BCUT2D eigenvalue weighted by Gasteiger charge is -2.21. The molecular formula is C16H21FN2. The second kappa shape index (κ2) is 4.80. The summed E-state index contributed by atoms with van der Waals surface area (Å²) in [6, 6.07) is 3.83. The van der Waals surface area contributed by atoms with E-state index in [0.717, 1.165) is 23.2 Å². The van der Waals surface area contributed by atoms with Crippen LogP contribution in [0.25, 0.3) is 11.1 Å². The Bertz CT molecular complexity index is 591. The smallest absolute Gasteiger partial charge is 0.129 e. The van der Waals surface area contributed by atoms with Gasteiger partial charge in [-0.15, -0.1) is 0 Å². The van der Waals surface area contributed by atoms with E-state index in [1.165, 1.54) is 0 Å². The van der Waals surface area contributed by atoms with Crippen molar-refractivity contribution in [1.82, 2.24) is 9.78 Å². The summed E-state index contributed by atoms with van der Waals surface area (Å²) in [6.07, 6.45) is 3.84. The molecule has 0 fully saturated rings. The Labute approximate surface area is 114 Å². The van der Waals surface area contributed by atoms with Gasteiger partial charge in [0.25, 0.3) is 0 Å². The average molecular weight is 260 g/mol. The van der Waals surface area contributed by atoms with Gasteiger partial charge in [0.2, 0.25) is 0 Å². The Balaban J connectivity index is 2.56. The van der Waals surface area contributed by atoms with Crippen molar-refractivity contribution in [2.24, 2.45) is 0 Å². The van der Waals surface area contributed by atoms with Gasteiger partial charge in [-0.05, 0) is 48.1 Å². The number of hydrogen-bond acceptors (Lipinski definition) is 1. The number of aromatic nitrogens is 2. The van der Waals surface area contributed by atoms with E-state index in [0.29, 0.717) is 5.56 Å². The first-order valence-corrected chi connectivity index (χ1v) is 6.66. The van der Waals surface area contributed by atoms with Crippen LogP contribution >= 0.6 is 0 Å². The molecule has 2 rings (SSSR count). The first kappa shape index (κ1) is 13.8. The Kier molecular flexibility index (Phi) is 3.48. The lowest BCUT2D eigenvalue weighted by atomic mass is 9.84. The van der Waals surface area contributed by atoms with Crippen LogP contribution in [0.4, 0.5) is 4.39 Å². The van der Waals surface area contributed by atoms with Gasteiger partial charge in [0.05, 0.1) is 6.20 Å². The minimum atomic E-state index is -0.203. The lowest BCUT2D eigenvalue weighted by molar-refractivity contribution is 0.519. The summed E-state index contributed by atoms with van der Waals surface area (Å²) in [4.78, 5) is 0. The van der Waals surface area contributed by atoms with Crippen LogP contribution in [0.1, 0.15) is 38.8 Å². The maximum Gasteiger partial charge on any atom is 0.129 e. The average Bonchev–Trinajstić information content (AvgIpc) is 2.79. The van der Waals surface area contributed by atoms with E-state index in [9.17, 15) is 4.39 Å². The molecule has 1 heterocycles. The minimum absolute atomic E-state index is 0.0980. The fraction of sp³-hybridized carbons (Fsp3) is 0.438. The highest BCUT2D eigenvalue weighted by Crippen LogP contribution is 2.31. The van der Waals surface area contributed by atoms with Gasteiger partial charge in [-0.1, -0.05) is 20.8 Å². The van der Waals surface area contributed by atoms with Gasteiger partial charge >= 0.3 is 0 Å². The van der Waals surface area contributed by atoms with Crippen molar-refractivity contribution >= 4 is 0 Å². The molecule has 0 aliphatic rings. The van der Waals surface area contributed by atoms with Gasteiger partial charge in [-0.25, -0.2) is 4.39 Å². The molecule has 0 aliphatic heterocycles. The third kappa shape index (κ3) is 2.70. The molecule has 2 aromatic rings. The summed E-state index contributed by atoms with van der Waals surface area (Å²) in [5.41, 5.74) is 3.31. The van der Waals surface area contributed by atoms with Crippen LogP contribution in [0.3, 0.4) is 0 Å². The van der Waals surface area contributed by atoms with Crippen LogP contribution in [0, 0.1) is 12.7 Å². The molecule has 0 amide bonds. The van der Waals surface area contributed by atoms with Crippen molar-refractivity contribution < 1.29 is 4.39 Å². The molecule has 0 atom stereocenters. The summed E-state index contributed by atoms with van der Waals surface area (Å²) in [5.74, 6) is -0.0980. The van der Waals surface area contributed by atoms with E-state index in [1.807, 2.05) is 63.8 Å². The number of aryl methyl sites for hydroxylation is 2. The molecule has 0 bridgehead atoms. The molecule has 102 valence electrons. The summed E-state index contributed by atoms with van der Waals surface area (Å²) in [5, 5.41) is 4.28. The molecule has 0 aliphatic carbocycles. The molecule has 0 radical (unpaired) electrons. The highest BCUT2D eigenvalue weighted by atomic mass is 19.1. The van der Waals surface area contributed by atoms with E-state index in [1.54, 1.807) is 0 Å². The molecule has 2 nitrogen and oxygen atoms in total. The second-order valence-electron chi connectivity index (χ2n) is 5.99. The highest BCUT2D eigenvalue weighted by Gasteiger charge is 2.21. The number of halogens is 1. The SMILES string of the molecule is CCn1cc(-c2cc(C)c(F)c(C(C)(C)C)c2)cn1. The lowest BCUT2D eigenvalue weighted by Crippen LogP contribution is -2.14. The monoisotopic (exact) mass is 260 g/mol. The van der Waals surface area contributed by atoms with Crippen molar-refractivity contribution in [2.75, 3.05) is 0 Å². The third-order valence-electron chi connectivity index (χ3n) is 3.35. The maximum absolute atomic E-state index is 14.2. The number of rotatable bonds is 2. The summed E-state index contributed by atoms with van der Waals surface area (Å²) >= 11 is 0. The molecule has 0 spiro atoms. The molecule has 0 N–H and O–H groups in total. The van der Waals surface area contributed by atoms with Crippen LogP contribution in [0.2, 0.25) is 0 Å². The Morgan fingerprint density at radius 3 is 2.42 bits per heavy atom. The number of nitrogens with zero attached hydrogens (tertiary/aromatic N) is 2. The van der Waals surface area contributed by atoms with Crippen LogP contribution in [-0.4, -0.2) is 9.78 Å². The van der Waals surface area contributed by atoms with Crippen LogP contribution in [-0.2, 0) is 12.0 Å². The van der Waals surface area contributed by atoms with Crippen molar-refractivity contribution in [3.05, 3.63) is 41.5 Å². The predicted octanol–water partition coefficient (Wildman–Crippen LogP) is 4.32. The van der Waals surface area contributed by atoms with Crippen LogP contribution < -0.4 is 0 Å². The molecule has 0 saturated carbocycles. The zero-order chi connectivity index (χ0) is 14.2. The molecule has 0 saturated heterocycles. The van der Waals surface area contributed by atoms with Crippen molar-refractivity contribution in [3.8, 4) is 11.1 Å². The van der Waals surface area contributed by atoms with E-state index >= 15 is 0 Å². The van der Waals surface area contributed by atoms with E-state index in [4.69, 9.17) is 0 Å². The topological polar surface area (TPSA) is 17.8 Å². The largest absolute Gasteiger partial charge is 0.272 e. The number of hydrogen-bond donors (Lipinski definition) is 0. The molecule has 1 aromatic heterocycles. The van der Waals surface area contributed by atoms with Gasteiger partial charge in [0.1, 0.15) is 5.82 Å². The van der Waals surface area contributed by atoms with Gasteiger partial charge in [-0.2, -0.15) is 5.10 Å². The minimum Gasteiger partial charge on any atom is -0.272 e. The first-order chi connectivity index (χ1) is 8.82. The van der Waals surface area contributed by atoms with Crippen molar-refractivity contribution in [1.29, 1.82) is 0 Å².